The third-order valence-electron chi connectivity index (χ3n) is 2.77. The fraction of sp³-hybridized carbons (Fsp3) is 0.231. The van der Waals surface area contributed by atoms with E-state index in [-0.39, 0.29) is 23.4 Å². The van der Waals surface area contributed by atoms with E-state index < -0.39 is 16.5 Å². The molecule has 0 unspecified atom stereocenters. The number of nitrogens with one attached hydrogen (secondary N) is 1. The average Bonchev–Trinajstić information content (AvgIpc) is 2.46. The highest BCUT2D eigenvalue weighted by molar-refractivity contribution is 5.95. The second-order valence-corrected chi connectivity index (χ2v) is 4.18. The molecular weight excluding hydrogens is 280 g/mol. The summed E-state index contributed by atoms with van der Waals surface area (Å²) in [5, 5.41) is 13.6. The van der Waals surface area contributed by atoms with Crippen LogP contribution in [0.4, 0.5) is 5.69 Å². The van der Waals surface area contributed by atoms with Crippen LogP contribution in [0.3, 0.4) is 0 Å². The molecule has 2 aromatic rings. The number of nitro groups is 1. The molecule has 1 heterocycles. The van der Waals surface area contributed by atoms with Gasteiger partial charge in [-0.15, -0.1) is 0 Å². The van der Waals surface area contributed by atoms with Crippen molar-refractivity contribution in [2.24, 2.45) is 0 Å². The van der Waals surface area contributed by atoms with E-state index >= 15 is 0 Å². The number of nitrogens with zero attached hydrogens (tertiary/aromatic N) is 1. The Labute approximate surface area is 118 Å². The third kappa shape index (κ3) is 3.23. The van der Waals surface area contributed by atoms with Crippen molar-refractivity contribution in [2.45, 2.75) is 0 Å². The van der Waals surface area contributed by atoms with E-state index in [9.17, 15) is 19.7 Å². The summed E-state index contributed by atoms with van der Waals surface area (Å²) in [4.78, 5) is 33.7. The largest absolute Gasteiger partial charge is 0.417 e. The number of non-ortho nitro benzene ring substituents is 1. The van der Waals surface area contributed by atoms with Crippen molar-refractivity contribution in [1.82, 2.24) is 5.32 Å². The van der Waals surface area contributed by atoms with Crippen LogP contribution >= 0.6 is 0 Å². The molecule has 8 heteroatoms. The number of rotatable bonds is 5. The fourth-order valence-corrected chi connectivity index (χ4v) is 1.75. The summed E-state index contributed by atoms with van der Waals surface area (Å²) in [5.41, 5.74) is -1.01. The van der Waals surface area contributed by atoms with E-state index in [0.29, 0.717) is 12.0 Å². The number of amides is 1. The average molecular weight is 292 g/mol. The van der Waals surface area contributed by atoms with Gasteiger partial charge in [-0.3, -0.25) is 14.9 Å². The molecule has 0 aliphatic heterocycles. The van der Waals surface area contributed by atoms with E-state index in [0.717, 1.165) is 6.07 Å². The lowest BCUT2D eigenvalue weighted by molar-refractivity contribution is -0.384. The lowest BCUT2D eigenvalue weighted by atomic mass is 10.1. The number of carbonyl (C=O) groups excluding carboxylic acids is 1. The molecular formula is C13H12N2O6. The Morgan fingerprint density at radius 3 is 2.86 bits per heavy atom. The molecule has 0 aliphatic carbocycles. The van der Waals surface area contributed by atoms with E-state index in [2.05, 4.69) is 5.32 Å². The minimum Gasteiger partial charge on any atom is -0.417 e. The molecule has 110 valence electrons. The van der Waals surface area contributed by atoms with Gasteiger partial charge in [0.1, 0.15) is 0 Å². The SMILES string of the molecule is COCCNC(=O)c1cc2ccc([N+](=O)[O-])cc2c(=O)o1. The third-order valence-corrected chi connectivity index (χ3v) is 2.77. The highest BCUT2D eigenvalue weighted by atomic mass is 16.6. The van der Waals surface area contributed by atoms with Crippen molar-refractivity contribution in [3.05, 3.63) is 50.6 Å². The van der Waals surface area contributed by atoms with Gasteiger partial charge in [0.15, 0.2) is 5.76 Å². The molecule has 0 aliphatic rings. The molecule has 0 atom stereocenters. The molecule has 0 spiro atoms. The zero-order chi connectivity index (χ0) is 15.4. The summed E-state index contributed by atoms with van der Waals surface area (Å²) in [6.07, 6.45) is 0. The second kappa shape index (κ2) is 6.14. The van der Waals surface area contributed by atoms with Crippen LogP contribution in [0.5, 0.6) is 0 Å². The maximum absolute atomic E-state index is 11.8. The van der Waals surface area contributed by atoms with E-state index in [1.165, 1.54) is 25.3 Å². The van der Waals surface area contributed by atoms with Gasteiger partial charge in [-0.25, -0.2) is 4.79 Å². The van der Waals surface area contributed by atoms with Crippen LogP contribution in [-0.2, 0) is 4.74 Å². The normalized spacial score (nSPS) is 10.5. The van der Waals surface area contributed by atoms with Crippen LogP contribution in [0.1, 0.15) is 10.6 Å². The quantitative estimate of drug-likeness (QED) is 0.501. The van der Waals surface area contributed by atoms with E-state index in [1.54, 1.807) is 0 Å². The minimum atomic E-state index is -0.798. The van der Waals surface area contributed by atoms with Crippen molar-refractivity contribution in [3.63, 3.8) is 0 Å². The van der Waals surface area contributed by atoms with Crippen LogP contribution in [0, 0.1) is 10.1 Å². The molecule has 1 aromatic carbocycles. The maximum Gasteiger partial charge on any atom is 0.344 e. The molecule has 1 aromatic heterocycles. The number of nitro benzene ring substituents is 1. The molecule has 2 rings (SSSR count). The minimum absolute atomic E-state index is 0.0534. The molecule has 0 saturated carbocycles. The lowest BCUT2D eigenvalue weighted by Crippen LogP contribution is -2.27. The van der Waals surface area contributed by atoms with Gasteiger partial charge in [0, 0.05) is 25.8 Å². The number of methoxy groups -OCH3 is 1. The molecule has 1 amide bonds. The first-order valence-electron chi connectivity index (χ1n) is 6.02. The summed E-state index contributed by atoms with van der Waals surface area (Å²) in [6, 6.07) is 5.14. The van der Waals surface area contributed by atoms with Gasteiger partial charge in [0.25, 0.3) is 11.6 Å². The first-order valence-corrected chi connectivity index (χ1v) is 6.02. The van der Waals surface area contributed by atoms with Crippen LogP contribution in [0.15, 0.2) is 33.5 Å². The Balaban J connectivity index is 2.37. The van der Waals surface area contributed by atoms with Crippen molar-refractivity contribution < 1.29 is 18.9 Å². The first-order chi connectivity index (χ1) is 10.0. The number of carbonyl (C=O) groups is 1. The summed E-state index contributed by atoms with van der Waals surface area (Å²) >= 11 is 0. The van der Waals surface area contributed by atoms with Gasteiger partial charge in [-0.2, -0.15) is 0 Å². The van der Waals surface area contributed by atoms with Crippen molar-refractivity contribution in [3.8, 4) is 0 Å². The van der Waals surface area contributed by atoms with Gasteiger partial charge < -0.3 is 14.5 Å². The zero-order valence-corrected chi connectivity index (χ0v) is 11.1. The summed E-state index contributed by atoms with van der Waals surface area (Å²) < 4.78 is 9.67. The van der Waals surface area contributed by atoms with Crippen LogP contribution in [0.2, 0.25) is 0 Å². The molecule has 8 nitrogen and oxygen atoms in total. The van der Waals surface area contributed by atoms with Gasteiger partial charge in [-0.1, -0.05) is 0 Å². The molecule has 1 N–H and O–H groups in total. The van der Waals surface area contributed by atoms with Gasteiger partial charge in [-0.05, 0) is 17.5 Å². The fourth-order valence-electron chi connectivity index (χ4n) is 1.75. The molecule has 0 fully saturated rings. The van der Waals surface area contributed by atoms with Crippen molar-refractivity contribution in [2.75, 3.05) is 20.3 Å². The van der Waals surface area contributed by atoms with Gasteiger partial charge in [0.2, 0.25) is 0 Å². The van der Waals surface area contributed by atoms with Gasteiger partial charge >= 0.3 is 5.63 Å². The Kier molecular flexibility index (Phi) is 4.29. The van der Waals surface area contributed by atoms with Gasteiger partial charge in [0.05, 0.1) is 16.9 Å². The Morgan fingerprint density at radius 1 is 1.43 bits per heavy atom. The smallest absolute Gasteiger partial charge is 0.344 e. The Bertz CT molecular complexity index is 752. The van der Waals surface area contributed by atoms with E-state index in [1.807, 2.05) is 0 Å². The van der Waals surface area contributed by atoms with Crippen LogP contribution in [-0.4, -0.2) is 31.1 Å². The topological polar surface area (TPSA) is 112 Å². The predicted molar refractivity (Wildman–Crippen MR) is 73.3 cm³/mol. The number of hydrogen-bond acceptors (Lipinski definition) is 6. The number of fused-ring (bicyclic) bond motifs is 1. The highest BCUT2D eigenvalue weighted by Crippen LogP contribution is 2.19. The second-order valence-electron chi connectivity index (χ2n) is 4.18. The van der Waals surface area contributed by atoms with Crippen molar-refractivity contribution in [1.29, 1.82) is 0 Å². The van der Waals surface area contributed by atoms with Crippen LogP contribution in [0.25, 0.3) is 10.8 Å². The number of ether oxygens (including phenoxy) is 1. The van der Waals surface area contributed by atoms with E-state index in [4.69, 9.17) is 9.15 Å². The zero-order valence-electron chi connectivity index (χ0n) is 11.1. The molecule has 0 radical (unpaired) electrons. The number of hydrogen-bond donors (Lipinski definition) is 1. The molecule has 21 heavy (non-hydrogen) atoms. The Morgan fingerprint density at radius 2 is 2.19 bits per heavy atom. The highest BCUT2D eigenvalue weighted by Gasteiger charge is 2.14. The number of benzene rings is 1. The van der Waals surface area contributed by atoms with Crippen molar-refractivity contribution >= 4 is 22.4 Å². The predicted octanol–water partition coefficient (Wildman–Crippen LogP) is 1.08. The summed E-state index contributed by atoms with van der Waals surface area (Å²) in [5.74, 6) is -0.707. The van der Waals surface area contributed by atoms with Crippen LogP contribution < -0.4 is 10.9 Å². The lowest BCUT2D eigenvalue weighted by Gasteiger charge is -2.04. The molecule has 0 bridgehead atoms. The first kappa shape index (κ1) is 14.7. The Hall–Kier alpha value is -2.74. The summed E-state index contributed by atoms with van der Waals surface area (Å²) in [7, 11) is 1.50. The standard InChI is InChI=1S/C13H12N2O6/c1-20-5-4-14-12(16)11-6-8-2-3-9(15(18)19)7-10(8)13(17)21-11/h2-3,6-7H,4-5H2,1H3,(H,14,16). The maximum atomic E-state index is 11.8. The monoisotopic (exact) mass is 292 g/mol. The molecule has 0 saturated heterocycles. The summed E-state index contributed by atoms with van der Waals surface area (Å²) in [6.45, 7) is 0.604.